The number of hydrogen-bond acceptors (Lipinski definition) is 2. The largest absolute Gasteiger partial charge is 0.342 e. The van der Waals surface area contributed by atoms with Crippen molar-refractivity contribution in [2.45, 2.75) is 52.0 Å². The maximum atomic E-state index is 12.3. The van der Waals surface area contributed by atoms with Crippen molar-refractivity contribution in [3.05, 3.63) is 0 Å². The lowest BCUT2D eigenvalue weighted by Crippen LogP contribution is -2.45. The lowest BCUT2D eigenvalue weighted by atomic mass is 9.90. The van der Waals surface area contributed by atoms with Gasteiger partial charge in [0, 0.05) is 19.6 Å². The Bertz CT molecular complexity index is 222. The first kappa shape index (κ1) is 13.5. The van der Waals surface area contributed by atoms with E-state index in [9.17, 15) is 4.79 Å². The third-order valence-electron chi connectivity index (χ3n) is 3.85. The van der Waals surface area contributed by atoms with Gasteiger partial charge in [0.15, 0.2) is 0 Å². The quantitative estimate of drug-likeness (QED) is 0.797. The van der Waals surface area contributed by atoms with E-state index >= 15 is 0 Å². The molecular formula is C13H26N2O. The zero-order valence-electron chi connectivity index (χ0n) is 10.9. The summed E-state index contributed by atoms with van der Waals surface area (Å²) in [6.07, 6.45) is 6.17. The van der Waals surface area contributed by atoms with Crippen LogP contribution in [0.4, 0.5) is 0 Å². The van der Waals surface area contributed by atoms with Crippen LogP contribution in [0.3, 0.4) is 0 Å². The second kappa shape index (κ2) is 6.24. The SMILES string of the molecule is CC(C)C(CN)C(=O)N(C)C1CCCCC1. The first-order valence-corrected chi connectivity index (χ1v) is 6.54. The Morgan fingerprint density at radius 3 is 2.31 bits per heavy atom. The number of hydrogen-bond donors (Lipinski definition) is 1. The number of nitrogens with zero attached hydrogens (tertiary/aromatic N) is 1. The molecule has 1 rings (SSSR count). The van der Waals surface area contributed by atoms with Gasteiger partial charge in [-0.05, 0) is 18.8 Å². The predicted octanol–water partition coefficient (Wildman–Crippen LogP) is 2.01. The highest BCUT2D eigenvalue weighted by molar-refractivity contribution is 5.79. The summed E-state index contributed by atoms with van der Waals surface area (Å²) in [6, 6.07) is 0.453. The average Bonchev–Trinajstić information content (AvgIpc) is 2.29. The molecule has 0 bridgehead atoms. The normalized spacial score (nSPS) is 19.8. The molecule has 3 nitrogen and oxygen atoms in total. The second-order valence-corrected chi connectivity index (χ2v) is 5.33. The smallest absolute Gasteiger partial charge is 0.227 e. The van der Waals surface area contributed by atoms with E-state index in [0.717, 1.165) is 12.8 Å². The van der Waals surface area contributed by atoms with E-state index in [1.165, 1.54) is 19.3 Å². The maximum absolute atomic E-state index is 12.3. The monoisotopic (exact) mass is 226 g/mol. The molecule has 1 atom stereocenters. The number of nitrogens with two attached hydrogens (primary N) is 1. The summed E-state index contributed by atoms with van der Waals surface area (Å²) >= 11 is 0. The number of amides is 1. The molecule has 0 aromatic heterocycles. The zero-order valence-corrected chi connectivity index (χ0v) is 10.9. The van der Waals surface area contributed by atoms with E-state index in [1.54, 1.807) is 0 Å². The van der Waals surface area contributed by atoms with Crippen LogP contribution in [0, 0.1) is 11.8 Å². The first-order valence-electron chi connectivity index (χ1n) is 6.54. The highest BCUT2D eigenvalue weighted by Gasteiger charge is 2.28. The van der Waals surface area contributed by atoms with Crippen molar-refractivity contribution in [1.82, 2.24) is 4.90 Å². The minimum Gasteiger partial charge on any atom is -0.342 e. The van der Waals surface area contributed by atoms with Gasteiger partial charge in [-0.15, -0.1) is 0 Å². The van der Waals surface area contributed by atoms with Gasteiger partial charge in [0.2, 0.25) is 5.91 Å². The standard InChI is InChI=1S/C13H26N2O/c1-10(2)12(9-14)13(16)15(3)11-7-5-4-6-8-11/h10-12H,4-9,14H2,1-3H3. The summed E-state index contributed by atoms with van der Waals surface area (Å²) in [7, 11) is 1.95. The lowest BCUT2D eigenvalue weighted by Gasteiger charge is -2.34. The van der Waals surface area contributed by atoms with Crippen molar-refractivity contribution in [2.24, 2.45) is 17.6 Å². The third kappa shape index (κ3) is 3.21. The van der Waals surface area contributed by atoms with Gasteiger partial charge in [-0.25, -0.2) is 0 Å². The molecule has 1 aliphatic carbocycles. The van der Waals surface area contributed by atoms with Crippen molar-refractivity contribution in [3.63, 3.8) is 0 Å². The Morgan fingerprint density at radius 2 is 1.88 bits per heavy atom. The molecule has 0 spiro atoms. The highest BCUT2D eigenvalue weighted by atomic mass is 16.2. The molecule has 3 heteroatoms. The van der Waals surface area contributed by atoms with Crippen LogP contribution in [0.25, 0.3) is 0 Å². The number of carbonyl (C=O) groups is 1. The number of rotatable bonds is 4. The molecule has 0 aromatic rings. The third-order valence-corrected chi connectivity index (χ3v) is 3.85. The van der Waals surface area contributed by atoms with Crippen LogP contribution < -0.4 is 5.73 Å². The summed E-state index contributed by atoms with van der Waals surface area (Å²) in [5.74, 6) is 0.569. The minimum atomic E-state index is -0.00748. The Hall–Kier alpha value is -0.570. The molecule has 1 fully saturated rings. The van der Waals surface area contributed by atoms with Gasteiger partial charge >= 0.3 is 0 Å². The molecule has 94 valence electrons. The van der Waals surface area contributed by atoms with Crippen LogP contribution in [-0.2, 0) is 4.79 Å². The molecule has 0 radical (unpaired) electrons. The molecule has 16 heavy (non-hydrogen) atoms. The van der Waals surface area contributed by atoms with Gasteiger partial charge < -0.3 is 10.6 Å². The van der Waals surface area contributed by atoms with E-state index in [0.29, 0.717) is 18.5 Å². The lowest BCUT2D eigenvalue weighted by molar-refractivity contribution is -0.138. The summed E-state index contributed by atoms with van der Waals surface area (Å²) in [5.41, 5.74) is 5.69. The molecule has 0 saturated heterocycles. The van der Waals surface area contributed by atoms with Crippen LogP contribution in [0.5, 0.6) is 0 Å². The fraction of sp³-hybridized carbons (Fsp3) is 0.923. The van der Waals surface area contributed by atoms with Crippen LogP contribution in [0.1, 0.15) is 46.0 Å². The van der Waals surface area contributed by atoms with Gasteiger partial charge in [0.1, 0.15) is 0 Å². The average molecular weight is 226 g/mol. The summed E-state index contributed by atoms with van der Waals surface area (Å²) < 4.78 is 0. The Kier molecular flexibility index (Phi) is 5.26. The van der Waals surface area contributed by atoms with Crippen LogP contribution in [0.2, 0.25) is 0 Å². The topological polar surface area (TPSA) is 46.3 Å². The van der Waals surface area contributed by atoms with Gasteiger partial charge in [0.05, 0.1) is 5.92 Å². The first-order chi connectivity index (χ1) is 7.57. The predicted molar refractivity (Wildman–Crippen MR) is 67.0 cm³/mol. The van der Waals surface area contributed by atoms with Gasteiger partial charge in [0.25, 0.3) is 0 Å². The minimum absolute atomic E-state index is 0.00748. The van der Waals surface area contributed by atoms with E-state index in [4.69, 9.17) is 5.73 Å². The van der Waals surface area contributed by atoms with E-state index in [2.05, 4.69) is 13.8 Å². The second-order valence-electron chi connectivity index (χ2n) is 5.33. The number of carbonyl (C=O) groups excluding carboxylic acids is 1. The van der Waals surface area contributed by atoms with Crippen molar-refractivity contribution < 1.29 is 4.79 Å². The summed E-state index contributed by atoms with van der Waals surface area (Å²) in [5, 5.41) is 0. The van der Waals surface area contributed by atoms with Crippen molar-refractivity contribution >= 4 is 5.91 Å². The van der Waals surface area contributed by atoms with Crippen molar-refractivity contribution in [1.29, 1.82) is 0 Å². The van der Waals surface area contributed by atoms with Crippen molar-refractivity contribution in [2.75, 3.05) is 13.6 Å². The maximum Gasteiger partial charge on any atom is 0.227 e. The zero-order chi connectivity index (χ0) is 12.1. The van der Waals surface area contributed by atoms with E-state index in [-0.39, 0.29) is 11.8 Å². The molecule has 0 heterocycles. The van der Waals surface area contributed by atoms with Crippen LogP contribution >= 0.6 is 0 Å². The fourth-order valence-electron chi connectivity index (χ4n) is 2.57. The highest BCUT2D eigenvalue weighted by Crippen LogP contribution is 2.24. The van der Waals surface area contributed by atoms with Gasteiger partial charge in [-0.2, -0.15) is 0 Å². The molecule has 1 unspecified atom stereocenters. The molecule has 1 amide bonds. The van der Waals surface area contributed by atoms with Gasteiger partial charge in [-0.1, -0.05) is 33.1 Å². The Morgan fingerprint density at radius 1 is 1.31 bits per heavy atom. The van der Waals surface area contributed by atoms with Crippen LogP contribution in [0.15, 0.2) is 0 Å². The molecule has 1 saturated carbocycles. The molecule has 0 aliphatic heterocycles. The molecule has 2 N–H and O–H groups in total. The Labute approximate surface area is 99.4 Å². The van der Waals surface area contributed by atoms with Crippen molar-refractivity contribution in [3.8, 4) is 0 Å². The Balaban J connectivity index is 2.57. The molecular weight excluding hydrogens is 200 g/mol. The van der Waals surface area contributed by atoms with E-state index < -0.39 is 0 Å². The molecule has 1 aliphatic rings. The summed E-state index contributed by atoms with van der Waals surface area (Å²) in [4.78, 5) is 14.2. The van der Waals surface area contributed by atoms with Crippen LogP contribution in [-0.4, -0.2) is 30.4 Å². The molecule has 0 aromatic carbocycles. The van der Waals surface area contributed by atoms with E-state index in [1.807, 2.05) is 11.9 Å². The van der Waals surface area contributed by atoms with Gasteiger partial charge in [-0.3, -0.25) is 4.79 Å². The fourth-order valence-corrected chi connectivity index (χ4v) is 2.57. The summed E-state index contributed by atoms with van der Waals surface area (Å²) in [6.45, 7) is 4.61.